The Labute approximate surface area is 94.0 Å². The molecule has 16 heavy (non-hydrogen) atoms. The van der Waals surface area contributed by atoms with E-state index in [4.69, 9.17) is 5.73 Å². The summed E-state index contributed by atoms with van der Waals surface area (Å²) >= 11 is 0. The second-order valence-electron chi connectivity index (χ2n) is 4.51. The molecule has 0 aromatic heterocycles. The lowest BCUT2D eigenvalue weighted by atomic mass is 10.1. The average molecular weight is 229 g/mol. The number of nitrogens with zero attached hydrogens (tertiary/aromatic N) is 2. The van der Waals surface area contributed by atoms with Crippen molar-refractivity contribution in [2.24, 2.45) is 16.6 Å². The number of aliphatic imine (C=N–C) groups is 1. The number of hydrogen-bond donors (Lipinski definition) is 1. The Bertz CT molecular complexity index is 310. The van der Waals surface area contributed by atoms with Gasteiger partial charge in [0.15, 0.2) is 0 Å². The molecule has 0 radical (unpaired) electrons. The molecule has 1 aliphatic heterocycles. The maximum atomic E-state index is 12.3. The summed E-state index contributed by atoms with van der Waals surface area (Å²) in [5, 5.41) is 0. The zero-order valence-corrected chi connectivity index (χ0v) is 9.31. The Kier molecular flexibility index (Phi) is 3.23. The second-order valence-corrected chi connectivity index (χ2v) is 4.51. The third kappa shape index (κ3) is 2.40. The number of nitrogens with two attached hydrogens (primary N) is 1. The normalized spacial score (nSPS) is 24.6. The van der Waals surface area contributed by atoms with Gasteiger partial charge in [-0.2, -0.15) is 0 Å². The third-order valence-corrected chi connectivity index (χ3v) is 3.32. The molecule has 0 aromatic rings. The van der Waals surface area contributed by atoms with Crippen LogP contribution < -0.4 is 5.73 Å². The van der Waals surface area contributed by atoms with Crippen LogP contribution in [-0.2, 0) is 0 Å². The molecule has 0 spiro atoms. The van der Waals surface area contributed by atoms with Crippen molar-refractivity contribution in [2.75, 3.05) is 6.67 Å². The van der Waals surface area contributed by atoms with Crippen molar-refractivity contribution in [3.8, 4) is 0 Å². The van der Waals surface area contributed by atoms with E-state index in [-0.39, 0.29) is 24.5 Å². The first-order valence-corrected chi connectivity index (χ1v) is 5.61. The third-order valence-electron chi connectivity index (χ3n) is 3.32. The molecule has 3 nitrogen and oxygen atoms in total. The molecular formula is C11H17F2N3. The summed E-state index contributed by atoms with van der Waals surface area (Å²) in [7, 11) is 0. The van der Waals surface area contributed by atoms with Gasteiger partial charge in [-0.05, 0) is 31.8 Å². The van der Waals surface area contributed by atoms with Gasteiger partial charge in [0.1, 0.15) is 12.4 Å². The summed E-state index contributed by atoms with van der Waals surface area (Å²) < 4.78 is 24.6. The van der Waals surface area contributed by atoms with Gasteiger partial charge in [0.25, 0.3) is 6.43 Å². The van der Waals surface area contributed by atoms with Crippen molar-refractivity contribution in [3.05, 3.63) is 12.3 Å². The van der Waals surface area contributed by atoms with E-state index in [9.17, 15) is 8.78 Å². The van der Waals surface area contributed by atoms with E-state index in [0.29, 0.717) is 5.92 Å². The van der Waals surface area contributed by atoms with Gasteiger partial charge in [0.05, 0.1) is 0 Å². The van der Waals surface area contributed by atoms with Crippen LogP contribution in [0.15, 0.2) is 17.3 Å². The maximum Gasteiger partial charge on any atom is 0.280 e. The zero-order valence-electron chi connectivity index (χ0n) is 9.31. The molecule has 1 fully saturated rings. The fraction of sp³-hybridized carbons (Fsp3) is 0.727. The lowest BCUT2D eigenvalue weighted by Crippen LogP contribution is -2.45. The first kappa shape index (κ1) is 11.5. The average Bonchev–Trinajstić information content (AvgIpc) is 3.11. The molecule has 90 valence electrons. The van der Waals surface area contributed by atoms with Crippen LogP contribution >= 0.6 is 0 Å². The Hall–Kier alpha value is -0.970. The number of hydrogen-bond acceptors (Lipinski definition) is 3. The minimum absolute atomic E-state index is 0.118. The Balaban J connectivity index is 1.91. The fourth-order valence-electron chi connectivity index (χ4n) is 1.94. The van der Waals surface area contributed by atoms with E-state index in [1.807, 2.05) is 11.8 Å². The lowest BCUT2D eigenvalue weighted by molar-refractivity contribution is 0.217. The highest BCUT2D eigenvalue weighted by molar-refractivity contribution is 5.97. The van der Waals surface area contributed by atoms with Crippen molar-refractivity contribution in [1.82, 2.24) is 4.90 Å². The van der Waals surface area contributed by atoms with Crippen molar-refractivity contribution in [3.63, 3.8) is 0 Å². The smallest absolute Gasteiger partial charge is 0.280 e. The maximum absolute atomic E-state index is 12.3. The molecule has 0 amide bonds. The molecule has 2 rings (SSSR count). The largest absolute Gasteiger partial charge is 0.354 e. The minimum atomic E-state index is -2.48. The predicted molar refractivity (Wildman–Crippen MR) is 59.4 cm³/mol. The van der Waals surface area contributed by atoms with Gasteiger partial charge < -0.3 is 10.6 Å². The Morgan fingerprint density at radius 3 is 2.62 bits per heavy atom. The summed E-state index contributed by atoms with van der Waals surface area (Å²) in [4.78, 5) is 5.77. The highest BCUT2D eigenvalue weighted by atomic mass is 19.3. The van der Waals surface area contributed by atoms with Gasteiger partial charge in [0.2, 0.25) is 0 Å². The van der Waals surface area contributed by atoms with E-state index in [0.717, 1.165) is 0 Å². The van der Waals surface area contributed by atoms with Crippen molar-refractivity contribution >= 4 is 5.71 Å². The van der Waals surface area contributed by atoms with E-state index < -0.39 is 6.43 Å². The molecule has 2 aliphatic rings. The fourth-order valence-corrected chi connectivity index (χ4v) is 1.94. The minimum Gasteiger partial charge on any atom is -0.354 e. The number of halogens is 2. The molecule has 2 unspecified atom stereocenters. The molecule has 1 aliphatic carbocycles. The predicted octanol–water partition coefficient (Wildman–Crippen LogP) is 1.61. The first-order valence-electron chi connectivity index (χ1n) is 5.61. The van der Waals surface area contributed by atoms with Gasteiger partial charge in [-0.3, -0.25) is 4.99 Å². The molecule has 5 heteroatoms. The number of alkyl halides is 2. The van der Waals surface area contributed by atoms with Gasteiger partial charge in [-0.15, -0.1) is 0 Å². The van der Waals surface area contributed by atoms with Crippen LogP contribution in [0, 0.1) is 5.92 Å². The van der Waals surface area contributed by atoms with E-state index in [2.05, 4.69) is 4.99 Å². The van der Waals surface area contributed by atoms with Crippen molar-refractivity contribution in [2.45, 2.75) is 38.3 Å². The van der Waals surface area contributed by atoms with E-state index in [1.165, 1.54) is 18.9 Å². The number of allylic oxidation sites excluding steroid dienone is 1. The van der Waals surface area contributed by atoms with Gasteiger partial charge in [0, 0.05) is 18.3 Å². The lowest BCUT2D eigenvalue weighted by Gasteiger charge is -2.32. The molecular weight excluding hydrogens is 212 g/mol. The zero-order chi connectivity index (χ0) is 11.7. The van der Waals surface area contributed by atoms with Crippen LogP contribution in [0.1, 0.15) is 19.8 Å². The molecule has 2 N–H and O–H groups in total. The van der Waals surface area contributed by atoms with Crippen LogP contribution in [0.4, 0.5) is 8.78 Å². The highest BCUT2D eigenvalue weighted by Gasteiger charge is 2.34. The topological polar surface area (TPSA) is 41.6 Å². The highest BCUT2D eigenvalue weighted by Crippen LogP contribution is 2.34. The Morgan fingerprint density at radius 2 is 2.19 bits per heavy atom. The monoisotopic (exact) mass is 229 g/mol. The summed E-state index contributed by atoms with van der Waals surface area (Å²) in [6, 6.07) is 0.277. The van der Waals surface area contributed by atoms with Crippen LogP contribution in [0.2, 0.25) is 0 Å². The van der Waals surface area contributed by atoms with Gasteiger partial charge in [-0.25, -0.2) is 8.78 Å². The molecule has 0 aromatic carbocycles. The molecule has 1 saturated carbocycles. The molecule has 0 bridgehead atoms. The molecule has 2 atom stereocenters. The van der Waals surface area contributed by atoms with Crippen LogP contribution in [0.3, 0.4) is 0 Å². The second kappa shape index (κ2) is 4.49. The molecule has 1 heterocycles. The summed E-state index contributed by atoms with van der Waals surface area (Å²) in [5.74, 6) is 0.601. The summed E-state index contributed by atoms with van der Waals surface area (Å²) in [6.07, 6.45) is 2.96. The number of rotatable bonds is 4. The van der Waals surface area contributed by atoms with Crippen molar-refractivity contribution < 1.29 is 8.78 Å². The Morgan fingerprint density at radius 1 is 1.50 bits per heavy atom. The summed E-state index contributed by atoms with van der Waals surface area (Å²) in [5.41, 5.74) is 5.94. The van der Waals surface area contributed by atoms with Crippen LogP contribution in [0.25, 0.3) is 0 Å². The molecule has 0 saturated heterocycles. The quantitative estimate of drug-likeness (QED) is 0.795. The van der Waals surface area contributed by atoms with Crippen LogP contribution in [-0.4, -0.2) is 35.8 Å². The van der Waals surface area contributed by atoms with Crippen molar-refractivity contribution in [1.29, 1.82) is 0 Å². The summed E-state index contributed by atoms with van der Waals surface area (Å²) in [6.45, 7) is 2.31. The van der Waals surface area contributed by atoms with E-state index >= 15 is 0 Å². The van der Waals surface area contributed by atoms with Crippen LogP contribution in [0.5, 0.6) is 0 Å². The van der Waals surface area contributed by atoms with E-state index in [1.54, 1.807) is 6.20 Å². The first-order chi connectivity index (χ1) is 7.59. The standard InChI is InChI=1S/C11H17F2N3/c1-7(10(14)8-2-3-8)16-5-4-9(11(12)13)15-6-16/h4-5,7-8,10-11H,2-3,6,14H2,1H3. The van der Waals surface area contributed by atoms with Gasteiger partial charge in [-0.1, -0.05) is 0 Å². The SMILES string of the molecule is CC(C(N)C1CC1)N1C=CC(C(F)F)=NC1. The van der Waals surface area contributed by atoms with Gasteiger partial charge >= 0.3 is 0 Å².